The molecular formula is C16H16N2O2. The fraction of sp³-hybridized carbons (Fsp3) is 0.250. The number of aromatic nitrogens is 1. The lowest BCUT2D eigenvalue weighted by atomic mass is 10.0. The van der Waals surface area contributed by atoms with Gasteiger partial charge in [0.1, 0.15) is 16.8 Å². The molecule has 0 radical (unpaired) electrons. The maximum Gasteiger partial charge on any atom is 0.347 e. The van der Waals surface area contributed by atoms with Crippen molar-refractivity contribution in [1.82, 2.24) is 4.98 Å². The van der Waals surface area contributed by atoms with Crippen molar-refractivity contribution < 1.29 is 4.42 Å². The Morgan fingerprint density at radius 2 is 2.00 bits per heavy atom. The Bertz CT molecular complexity index is 850. The highest BCUT2D eigenvalue weighted by Gasteiger charge is 2.13. The van der Waals surface area contributed by atoms with E-state index in [1.807, 2.05) is 24.3 Å². The van der Waals surface area contributed by atoms with Crippen molar-refractivity contribution in [2.24, 2.45) is 5.92 Å². The van der Waals surface area contributed by atoms with Gasteiger partial charge in [-0.25, -0.2) is 9.78 Å². The number of pyridine rings is 1. The molecule has 3 rings (SSSR count). The molecule has 2 heterocycles. The summed E-state index contributed by atoms with van der Waals surface area (Å²) in [6.45, 7) is 4.25. The molecule has 0 bridgehead atoms. The molecule has 0 amide bonds. The SMILES string of the molecule is CC(C)Cc1cc2c(c(N)n1)c(=O)oc1ccccc12. The Morgan fingerprint density at radius 1 is 1.25 bits per heavy atom. The maximum atomic E-state index is 12.1. The van der Waals surface area contributed by atoms with E-state index in [-0.39, 0.29) is 5.82 Å². The molecule has 0 saturated carbocycles. The first-order valence-electron chi connectivity index (χ1n) is 6.67. The van der Waals surface area contributed by atoms with Crippen LogP contribution in [-0.4, -0.2) is 4.98 Å². The van der Waals surface area contributed by atoms with E-state index in [1.54, 1.807) is 6.07 Å². The van der Waals surface area contributed by atoms with E-state index >= 15 is 0 Å². The largest absolute Gasteiger partial charge is 0.422 e. The molecule has 0 fully saturated rings. The second kappa shape index (κ2) is 4.63. The normalized spacial score (nSPS) is 11.6. The van der Waals surface area contributed by atoms with Crippen LogP contribution in [0.1, 0.15) is 19.5 Å². The molecule has 2 N–H and O–H groups in total. The van der Waals surface area contributed by atoms with Crippen molar-refractivity contribution in [2.75, 3.05) is 5.73 Å². The van der Waals surface area contributed by atoms with Crippen LogP contribution >= 0.6 is 0 Å². The Balaban J connectivity index is 2.43. The minimum Gasteiger partial charge on any atom is -0.422 e. The Hall–Kier alpha value is -2.36. The van der Waals surface area contributed by atoms with Crippen LogP contribution in [0.4, 0.5) is 5.82 Å². The van der Waals surface area contributed by atoms with Crippen LogP contribution in [0.25, 0.3) is 21.7 Å². The van der Waals surface area contributed by atoms with Crippen molar-refractivity contribution in [1.29, 1.82) is 0 Å². The lowest BCUT2D eigenvalue weighted by molar-refractivity contribution is 0.569. The number of fused-ring (bicyclic) bond motifs is 3. The standard InChI is InChI=1S/C16H16N2O2/c1-9(2)7-10-8-12-11-5-3-4-6-13(11)20-16(19)14(12)15(17)18-10/h3-6,8-9H,7H2,1-2H3,(H2,17,18). The molecule has 2 aromatic heterocycles. The summed E-state index contributed by atoms with van der Waals surface area (Å²) in [7, 11) is 0. The summed E-state index contributed by atoms with van der Waals surface area (Å²) >= 11 is 0. The zero-order valence-electron chi connectivity index (χ0n) is 11.5. The molecule has 0 aliphatic carbocycles. The molecule has 0 saturated heterocycles. The van der Waals surface area contributed by atoms with Gasteiger partial charge in [0.25, 0.3) is 0 Å². The van der Waals surface area contributed by atoms with Gasteiger partial charge in [0.15, 0.2) is 0 Å². The predicted octanol–water partition coefficient (Wildman–Crippen LogP) is 3.12. The summed E-state index contributed by atoms with van der Waals surface area (Å²) in [5, 5.41) is 2.08. The second-order valence-corrected chi connectivity index (χ2v) is 5.41. The van der Waals surface area contributed by atoms with Gasteiger partial charge < -0.3 is 10.2 Å². The zero-order chi connectivity index (χ0) is 14.3. The summed E-state index contributed by atoms with van der Waals surface area (Å²) in [5.41, 5.74) is 7.00. The number of hydrogen-bond acceptors (Lipinski definition) is 4. The monoisotopic (exact) mass is 268 g/mol. The first kappa shape index (κ1) is 12.7. The van der Waals surface area contributed by atoms with Gasteiger partial charge in [0.05, 0.1) is 0 Å². The minimum atomic E-state index is -0.431. The van der Waals surface area contributed by atoms with Gasteiger partial charge in [-0.2, -0.15) is 0 Å². The summed E-state index contributed by atoms with van der Waals surface area (Å²) < 4.78 is 5.30. The highest BCUT2D eigenvalue weighted by molar-refractivity contribution is 6.07. The fourth-order valence-electron chi connectivity index (χ4n) is 2.50. The summed E-state index contributed by atoms with van der Waals surface area (Å²) in [6.07, 6.45) is 0.828. The van der Waals surface area contributed by atoms with Gasteiger partial charge >= 0.3 is 5.63 Å². The molecule has 0 unspecified atom stereocenters. The molecular weight excluding hydrogens is 252 g/mol. The molecule has 1 aromatic carbocycles. The minimum absolute atomic E-state index is 0.248. The average Bonchev–Trinajstić information content (AvgIpc) is 2.37. The maximum absolute atomic E-state index is 12.1. The first-order chi connectivity index (χ1) is 9.56. The van der Waals surface area contributed by atoms with Gasteiger partial charge in [-0.15, -0.1) is 0 Å². The molecule has 4 heteroatoms. The summed E-state index contributed by atoms with van der Waals surface area (Å²) in [6, 6.07) is 9.43. The van der Waals surface area contributed by atoms with Crippen LogP contribution < -0.4 is 11.4 Å². The van der Waals surface area contributed by atoms with E-state index in [1.165, 1.54) is 0 Å². The van der Waals surface area contributed by atoms with Gasteiger partial charge in [-0.05, 0) is 24.5 Å². The molecule has 0 spiro atoms. The van der Waals surface area contributed by atoms with Gasteiger partial charge in [-0.1, -0.05) is 32.0 Å². The first-order valence-corrected chi connectivity index (χ1v) is 6.67. The average molecular weight is 268 g/mol. The van der Waals surface area contributed by atoms with Crippen molar-refractivity contribution in [3.63, 3.8) is 0 Å². The molecule has 4 nitrogen and oxygen atoms in total. The summed E-state index contributed by atoms with van der Waals surface area (Å²) in [4.78, 5) is 16.4. The lowest BCUT2D eigenvalue weighted by Crippen LogP contribution is -2.08. The highest BCUT2D eigenvalue weighted by Crippen LogP contribution is 2.26. The zero-order valence-corrected chi connectivity index (χ0v) is 11.5. The number of nitrogens with zero attached hydrogens (tertiary/aromatic N) is 1. The van der Waals surface area contributed by atoms with Crippen LogP contribution in [0.3, 0.4) is 0 Å². The van der Waals surface area contributed by atoms with Crippen LogP contribution in [0.5, 0.6) is 0 Å². The smallest absolute Gasteiger partial charge is 0.347 e. The quantitative estimate of drug-likeness (QED) is 0.572. The number of nitrogen functional groups attached to an aromatic ring is 1. The van der Waals surface area contributed by atoms with E-state index in [4.69, 9.17) is 10.2 Å². The number of rotatable bonds is 2. The molecule has 0 aliphatic heterocycles. The van der Waals surface area contributed by atoms with E-state index < -0.39 is 5.63 Å². The van der Waals surface area contributed by atoms with Gasteiger partial charge in [0.2, 0.25) is 0 Å². The van der Waals surface area contributed by atoms with Crippen LogP contribution in [0.15, 0.2) is 39.5 Å². The second-order valence-electron chi connectivity index (χ2n) is 5.41. The van der Waals surface area contributed by atoms with Crippen LogP contribution in [-0.2, 0) is 6.42 Å². The number of hydrogen-bond donors (Lipinski definition) is 1. The van der Waals surface area contributed by atoms with Gasteiger partial charge in [-0.3, -0.25) is 0 Å². The van der Waals surface area contributed by atoms with Crippen molar-refractivity contribution in [3.05, 3.63) is 46.4 Å². The van der Waals surface area contributed by atoms with Crippen LogP contribution in [0, 0.1) is 5.92 Å². The summed E-state index contributed by atoms with van der Waals surface area (Å²) in [5.74, 6) is 0.725. The Labute approximate surface area is 116 Å². The molecule has 3 aromatic rings. The van der Waals surface area contributed by atoms with Crippen LogP contribution in [0.2, 0.25) is 0 Å². The van der Waals surface area contributed by atoms with Gasteiger partial charge in [0, 0.05) is 16.5 Å². The number of para-hydroxylation sites is 1. The van der Waals surface area contributed by atoms with E-state index in [2.05, 4.69) is 18.8 Å². The number of nitrogens with two attached hydrogens (primary N) is 1. The third-order valence-corrected chi connectivity index (χ3v) is 3.30. The van der Waals surface area contributed by atoms with E-state index in [9.17, 15) is 4.79 Å². The topological polar surface area (TPSA) is 69.1 Å². The van der Waals surface area contributed by atoms with Crippen molar-refractivity contribution >= 4 is 27.6 Å². The molecule has 20 heavy (non-hydrogen) atoms. The third-order valence-electron chi connectivity index (χ3n) is 3.30. The van der Waals surface area contributed by atoms with E-state index in [0.29, 0.717) is 16.9 Å². The molecule has 0 atom stereocenters. The Kier molecular flexibility index (Phi) is 2.93. The predicted molar refractivity (Wildman–Crippen MR) is 80.7 cm³/mol. The molecule has 102 valence electrons. The Morgan fingerprint density at radius 3 is 2.75 bits per heavy atom. The number of benzene rings is 1. The van der Waals surface area contributed by atoms with Crippen molar-refractivity contribution in [2.45, 2.75) is 20.3 Å². The third kappa shape index (κ3) is 2.03. The van der Waals surface area contributed by atoms with E-state index in [0.717, 1.165) is 22.9 Å². The highest BCUT2D eigenvalue weighted by atomic mass is 16.4. The van der Waals surface area contributed by atoms with Crippen molar-refractivity contribution in [3.8, 4) is 0 Å². The molecule has 0 aliphatic rings. The lowest BCUT2D eigenvalue weighted by Gasteiger charge is -2.09. The number of anilines is 1. The fourth-order valence-corrected chi connectivity index (χ4v) is 2.50.